The molecule has 0 saturated heterocycles. The SMILES string of the molecule is CC(C(=O)NC(C)(C)C)N1Cc2ccccc2C1=N. The molecule has 1 heterocycles. The van der Waals surface area contributed by atoms with E-state index in [1.54, 1.807) is 0 Å². The molecule has 102 valence electrons. The average molecular weight is 259 g/mol. The first-order valence-electron chi connectivity index (χ1n) is 6.55. The molecule has 0 spiro atoms. The fraction of sp³-hybridized carbons (Fsp3) is 0.467. The molecule has 1 aromatic rings. The zero-order chi connectivity index (χ0) is 14.2. The van der Waals surface area contributed by atoms with Gasteiger partial charge in [0.2, 0.25) is 5.91 Å². The van der Waals surface area contributed by atoms with E-state index in [1.807, 2.05) is 56.9 Å². The summed E-state index contributed by atoms with van der Waals surface area (Å²) in [5, 5.41) is 11.2. The summed E-state index contributed by atoms with van der Waals surface area (Å²) in [6.45, 7) is 8.36. The van der Waals surface area contributed by atoms with Gasteiger partial charge in [-0.15, -0.1) is 0 Å². The van der Waals surface area contributed by atoms with Crippen LogP contribution >= 0.6 is 0 Å². The van der Waals surface area contributed by atoms with Crippen molar-refractivity contribution in [2.24, 2.45) is 0 Å². The highest BCUT2D eigenvalue weighted by Gasteiger charge is 2.32. The minimum atomic E-state index is -0.334. The lowest BCUT2D eigenvalue weighted by atomic mass is 10.1. The van der Waals surface area contributed by atoms with Crippen molar-refractivity contribution in [2.75, 3.05) is 0 Å². The predicted molar refractivity (Wildman–Crippen MR) is 76.2 cm³/mol. The van der Waals surface area contributed by atoms with Gasteiger partial charge < -0.3 is 10.2 Å². The molecule has 0 saturated carbocycles. The number of nitrogens with one attached hydrogen (secondary N) is 2. The van der Waals surface area contributed by atoms with E-state index in [0.717, 1.165) is 11.1 Å². The van der Waals surface area contributed by atoms with Crippen LogP contribution < -0.4 is 5.32 Å². The Hall–Kier alpha value is -1.84. The summed E-state index contributed by atoms with van der Waals surface area (Å²) in [6, 6.07) is 7.51. The Morgan fingerprint density at radius 2 is 2.00 bits per heavy atom. The standard InChI is InChI=1S/C15H21N3O/c1-10(14(19)17-15(2,3)4)18-9-11-7-5-6-8-12(11)13(18)16/h5-8,10,16H,9H2,1-4H3,(H,17,19). The first-order valence-corrected chi connectivity index (χ1v) is 6.55. The second-order valence-corrected chi connectivity index (χ2v) is 6.05. The van der Waals surface area contributed by atoms with Crippen molar-refractivity contribution in [3.8, 4) is 0 Å². The van der Waals surface area contributed by atoms with Crippen LogP contribution in [0.5, 0.6) is 0 Å². The Balaban J connectivity index is 2.13. The Morgan fingerprint density at radius 1 is 1.37 bits per heavy atom. The van der Waals surface area contributed by atoms with E-state index in [2.05, 4.69) is 5.32 Å². The quantitative estimate of drug-likeness (QED) is 0.855. The first kappa shape index (κ1) is 13.6. The number of rotatable bonds is 2. The van der Waals surface area contributed by atoms with E-state index >= 15 is 0 Å². The average Bonchev–Trinajstić information content (AvgIpc) is 2.64. The maximum Gasteiger partial charge on any atom is 0.242 e. The Kier molecular flexibility index (Phi) is 3.35. The Morgan fingerprint density at radius 3 is 2.58 bits per heavy atom. The first-order chi connectivity index (χ1) is 8.79. The molecule has 1 atom stereocenters. The maximum absolute atomic E-state index is 12.2. The van der Waals surface area contributed by atoms with E-state index in [4.69, 9.17) is 5.41 Å². The lowest BCUT2D eigenvalue weighted by Gasteiger charge is -2.29. The van der Waals surface area contributed by atoms with Crippen LogP contribution in [0.3, 0.4) is 0 Å². The van der Waals surface area contributed by atoms with Crippen molar-refractivity contribution in [3.05, 3.63) is 35.4 Å². The van der Waals surface area contributed by atoms with Crippen LogP contribution in [-0.4, -0.2) is 28.2 Å². The van der Waals surface area contributed by atoms with Crippen LogP contribution in [0, 0.1) is 5.41 Å². The van der Waals surface area contributed by atoms with Crippen LogP contribution in [-0.2, 0) is 11.3 Å². The molecule has 1 aromatic carbocycles. The van der Waals surface area contributed by atoms with Gasteiger partial charge >= 0.3 is 0 Å². The van der Waals surface area contributed by atoms with Crippen molar-refractivity contribution in [3.63, 3.8) is 0 Å². The summed E-state index contributed by atoms with van der Waals surface area (Å²) in [6.07, 6.45) is 0. The molecule has 1 amide bonds. The highest BCUT2D eigenvalue weighted by Crippen LogP contribution is 2.24. The number of carbonyl (C=O) groups is 1. The topological polar surface area (TPSA) is 56.2 Å². The summed E-state index contributed by atoms with van der Waals surface area (Å²) in [5.41, 5.74) is 1.79. The largest absolute Gasteiger partial charge is 0.350 e. The van der Waals surface area contributed by atoms with Crippen LogP contribution in [0.1, 0.15) is 38.8 Å². The highest BCUT2D eigenvalue weighted by molar-refractivity contribution is 6.02. The van der Waals surface area contributed by atoms with E-state index in [0.29, 0.717) is 12.4 Å². The smallest absolute Gasteiger partial charge is 0.242 e. The van der Waals surface area contributed by atoms with Crippen LogP contribution in [0.4, 0.5) is 0 Å². The molecular formula is C15H21N3O. The molecule has 4 nitrogen and oxygen atoms in total. The molecule has 0 bridgehead atoms. The van der Waals surface area contributed by atoms with Crippen molar-refractivity contribution in [2.45, 2.75) is 45.8 Å². The molecule has 0 aromatic heterocycles. The zero-order valence-electron chi connectivity index (χ0n) is 11.9. The van der Waals surface area contributed by atoms with E-state index in [1.165, 1.54) is 0 Å². The second-order valence-electron chi connectivity index (χ2n) is 6.05. The number of hydrogen-bond acceptors (Lipinski definition) is 2. The van der Waals surface area contributed by atoms with Gasteiger partial charge in [0.15, 0.2) is 0 Å². The predicted octanol–water partition coefficient (Wildman–Crippen LogP) is 2.13. The van der Waals surface area contributed by atoms with Gasteiger partial charge in [0.05, 0.1) is 0 Å². The normalized spacial score (nSPS) is 16.2. The maximum atomic E-state index is 12.2. The van der Waals surface area contributed by atoms with Gasteiger partial charge in [-0.3, -0.25) is 10.2 Å². The number of carbonyl (C=O) groups excluding carboxylic acids is 1. The van der Waals surface area contributed by atoms with Gasteiger partial charge in [0, 0.05) is 17.6 Å². The van der Waals surface area contributed by atoms with E-state index in [9.17, 15) is 4.79 Å². The van der Waals surface area contributed by atoms with Gasteiger partial charge in [0.25, 0.3) is 0 Å². The van der Waals surface area contributed by atoms with E-state index in [-0.39, 0.29) is 17.5 Å². The fourth-order valence-corrected chi connectivity index (χ4v) is 2.25. The molecule has 2 N–H and O–H groups in total. The monoisotopic (exact) mass is 259 g/mol. The van der Waals surface area contributed by atoms with Crippen molar-refractivity contribution in [1.82, 2.24) is 10.2 Å². The summed E-state index contributed by atoms with van der Waals surface area (Å²) in [4.78, 5) is 14.0. The number of hydrogen-bond donors (Lipinski definition) is 2. The van der Waals surface area contributed by atoms with Gasteiger partial charge in [0.1, 0.15) is 11.9 Å². The molecule has 1 unspecified atom stereocenters. The molecule has 0 fully saturated rings. The van der Waals surface area contributed by atoms with Gasteiger partial charge in [-0.2, -0.15) is 0 Å². The minimum absolute atomic E-state index is 0.0370. The molecule has 0 aliphatic carbocycles. The molecule has 1 aliphatic rings. The molecule has 0 radical (unpaired) electrons. The summed E-state index contributed by atoms with van der Waals surface area (Å²) in [7, 11) is 0. The fourth-order valence-electron chi connectivity index (χ4n) is 2.25. The third kappa shape index (κ3) is 2.78. The van der Waals surface area contributed by atoms with Crippen LogP contribution in [0.2, 0.25) is 0 Å². The number of benzene rings is 1. The molecular weight excluding hydrogens is 238 g/mol. The number of amides is 1. The third-order valence-corrected chi connectivity index (χ3v) is 3.25. The summed E-state index contributed by atoms with van der Waals surface area (Å²) >= 11 is 0. The van der Waals surface area contributed by atoms with Crippen molar-refractivity contribution >= 4 is 11.7 Å². The number of fused-ring (bicyclic) bond motifs is 1. The van der Waals surface area contributed by atoms with Crippen molar-refractivity contribution < 1.29 is 4.79 Å². The van der Waals surface area contributed by atoms with E-state index < -0.39 is 0 Å². The summed E-state index contributed by atoms with van der Waals surface area (Å²) < 4.78 is 0. The lowest BCUT2D eigenvalue weighted by molar-refractivity contribution is -0.126. The minimum Gasteiger partial charge on any atom is -0.350 e. The zero-order valence-corrected chi connectivity index (χ0v) is 11.9. The number of amidine groups is 1. The molecule has 4 heteroatoms. The summed E-state index contributed by atoms with van der Waals surface area (Å²) in [5.74, 6) is 0.400. The van der Waals surface area contributed by atoms with Crippen molar-refractivity contribution in [1.29, 1.82) is 5.41 Å². The Bertz CT molecular complexity index is 516. The lowest BCUT2D eigenvalue weighted by Crippen LogP contribution is -2.51. The van der Waals surface area contributed by atoms with Gasteiger partial charge in [-0.25, -0.2) is 0 Å². The number of nitrogens with zero attached hydrogens (tertiary/aromatic N) is 1. The Labute approximate surface area is 114 Å². The molecule has 19 heavy (non-hydrogen) atoms. The third-order valence-electron chi connectivity index (χ3n) is 3.25. The second kappa shape index (κ2) is 4.68. The van der Waals surface area contributed by atoms with Crippen LogP contribution in [0.15, 0.2) is 24.3 Å². The molecule has 1 aliphatic heterocycles. The van der Waals surface area contributed by atoms with Gasteiger partial charge in [-0.05, 0) is 33.3 Å². The molecule has 2 rings (SSSR count). The van der Waals surface area contributed by atoms with Gasteiger partial charge in [-0.1, -0.05) is 24.3 Å². The highest BCUT2D eigenvalue weighted by atomic mass is 16.2. The van der Waals surface area contributed by atoms with Crippen LogP contribution in [0.25, 0.3) is 0 Å².